The monoisotopic (exact) mass is 491 g/mol. The normalized spacial score (nSPS) is 16.2. The van der Waals surface area contributed by atoms with Gasteiger partial charge in [0.15, 0.2) is 0 Å². The second-order valence-electron chi connectivity index (χ2n) is 8.82. The number of nitrogens with one attached hydrogen (secondary N) is 1. The highest BCUT2D eigenvalue weighted by Gasteiger charge is 2.31. The molecular weight excluding hydrogens is 462 g/mol. The molecule has 2 aliphatic heterocycles. The molecular formula is C27H29N3O4S. The summed E-state index contributed by atoms with van der Waals surface area (Å²) in [6.45, 7) is 4.84. The van der Waals surface area contributed by atoms with E-state index in [2.05, 4.69) is 16.3 Å². The third kappa shape index (κ3) is 5.10. The Kier molecular flexibility index (Phi) is 6.86. The van der Waals surface area contributed by atoms with Crippen LogP contribution < -0.4 is 9.62 Å². The van der Waals surface area contributed by atoms with E-state index in [4.69, 9.17) is 4.74 Å². The Bertz CT molecular complexity index is 1320. The Balaban J connectivity index is 1.29. The third-order valence-corrected chi connectivity index (χ3v) is 8.39. The summed E-state index contributed by atoms with van der Waals surface area (Å²) in [5.41, 5.74) is 4.26. The molecule has 0 saturated carbocycles. The Morgan fingerprint density at radius 2 is 1.63 bits per heavy atom. The van der Waals surface area contributed by atoms with E-state index in [-0.39, 0.29) is 10.8 Å². The fraction of sp³-hybridized carbons (Fsp3) is 0.296. The van der Waals surface area contributed by atoms with Gasteiger partial charge in [0.25, 0.3) is 15.9 Å². The topological polar surface area (TPSA) is 79.0 Å². The summed E-state index contributed by atoms with van der Waals surface area (Å²) >= 11 is 0. The number of carbonyl (C=O) groups is 1. The van der Waals surface area contributed by atoms with Crippen molar-refractivity contribution >= 4 is 21.6 Å². The lowest BCUT2D eigenvalue weighted by Gasteiger charge is -2.27. The summed E-state index contributed by atoms with van der Waals surface area (Å²) in [5.74, 6) is -0.301. The lowest BCUT2D eigenvalue weighted by Crippen LogP contribution is -2.36. The number of sulfonamides is 1. The van der Waals surface area contributed by atoms with E-state index in [9.17, 15) is 13.2 Å². The molecule has 0 atom stereocenters. The molecule has 1 amide bonds. The molecule has 5 rings (SSSR count). The molecule has 1 fully saturated rings. The van der Waals surface area contributed by atoms with E-state index in [1.807, 2.05) is 42.5 Å². The zero-order valence-corrected chi connectivity index (χ0v) is 20.3. The molecule has 1 N–H and O–H groups in total. The SMILES string of the molecule is O=C(NCc1ccccc1CN1CCOCC1)c1cccc(S(=O)(=O)N2CCc3ccccc32)c1. The van der Waals surface area contributed by atoms with Crippen LogP contribution in [0.4, 0.5) is 5.69 Å². The first-order chi connectivity index (χ1) is 17.0. The summed E-state index contributed by atoms with van der Waals surface area (Å²) in [6.07, 6.45) is 0.680. The molecule has 3 aromatic carbocycles. The maximum absolute atomic E-state index is 13.4. The molecule has 35 heavy (non-hydrogen) atoms. The van der Waals surface area contributed by atoms with Crippen LogP contribution in [0.5, 0.6) is 0 Å². The van der Waals surface area contributed by atoms with Crippen molar-refractivity contribution in [3.8, 4) is 0 Å². The Morgan fingerprint density at radius 3 is 2.46 bits per heavy atom. The summed E-state index contributed by atoms with van der Waals surface area (Å²) in [7, 11) is -3.76. The number of hydrogen-bond donors (Lipinski definition) is 1. The first-order valence-corrected chi connectivity index (χ1v) is 13.3. The van der Waals surface area contributed by atoms with Gasteiger partial charge in [-0.05, 0) is 47.4 Å². The van der Waals surface area contributed by atoms with Crippen molar-refractivity contribution in [2.75, 3.05) is 37.2 Å². The summed E-state index contributed by atoms with van der Waals surface area (Å²) in [6, 6.07) is 21.9. The minimum Gasteiger partial charge on any atom is -0.379 e. The number of morpholine rings is 1. The van der Waals surface area contributed by atoms with Crippen molar-refractivity contribution in [2.45, 2.75) is 24.4 Å². The molecule has 0 spiro atoms. The van der Waals surface area contributed by atoms with E-state index in [1.165, 1.54) is 15.9 Å². The first kappa shape index (κ1) is 23.5. The number of benzene rings is 3. The highest BCUT2D eigenvalue weighted by atomic mass is 32.2. The van der Waals surface area contributed by atoms with Gasteiger partial charge < -0.3 is 10.1 Å². The van der Waals surface area contributed by atoms with Gasteiger partial charge in [-0.1, -0.05) is 48.5 Å². The summed E-state index contributed by atoms with van der Waals surface area (Å²) in [4.78, 5) is 15.4. The second-order valence-corrected chi connectivity index (χ2v) is 10.7. The van der Waals surface area contributed by atoms with Gasteiger partial charge in [0.1, 0.15) is 0 Å². The Labute approximate surface area is 206 Å². The van der Waals surface area contributed by atoms with E-state index in [1.54, 1.807) is 18.2 Å². The zero-order valence-electron chi connectivity index (χ0n) is 19.5. The van der Waals surface area contributed by atoms with Gasteiger partial charge in [0.05, 0.1) is 23.8 Å². The maximum atomic E-state index is 13.4. The minimum atomic E-state index is -3.76. The smallest absolute Gasteiger partial charge is 0.264 e. The Hall–Kier alpha value is -3.20. The molecule has 2 aliphatic rings. The van der Waals surface area contributed by atoms with Gasteiger partial charge in [-0.3, -0.25) is 14.0 Å². The molecule has 1 saturated heterocycles. The molecule has 7 nitrogen and oxygen atoms in total. The van der Waals surface area contributed by atoms with E-state index >= 15 is 0 Å². The van der Waals surface area contributed by atoms with E-state index < -0.39 is 10.0 Å². The number of amides is 1. The Morgan fingerprint density at radius 1 is 0.886 bits per heavy atom. The number of ether oxygens (including phenoxy) is 1. The fourth-order valence-corrected chi connectivity index (χ4v) is 6.19. The number of anilines is 1. The van der Waals surface area contributed by atoms with Crippen molar-refractivity contribution in [1.82, 2.24) is 10.2 Å². The van der Waals surface area contributed by atoms with Crippen LogP contribution in [0.3, 0.4) is 0 Å². The van der Waals surface area contributed by atoms with Gasteiger partial charge in [-0.2, -0.15) is 0 Å². The van der Waals surface area contributed by atoms with Crippen LogP contribution >= 0.6 is 0 Å². The van der Waals surface area contributed by atoms with Crippen molar-refractivity contribution in [3.05, 3.63) is 95.1 Å². The number of hydrogen-bond acceptors (Lipinski definition) is 5. The van der Waals surface area contributed by atoms with Crippen molar-refractivity contribution in [3.63, 3.8) is 0 Å². The van der Waals surface area contributed by atoms with Crippen LogP contribution in [-0.4, -0.2) is 52.1 Å². The number of fused-ring (bicyclic) bond motifs is 1. The van der Waals surface area contributed by atoms with Crippen LogP contribution in [0, 0.1) is 0 Å². The second kappa shape index (κ2) is 10.2. The van der Waals surface area contributed by atoms with Gasteiger partial charge in [-0.25, -0.2) is 8.42 Å². The molecule has 3 aromatic rings. The molecule has 0 unspecified atom stereocenters. The quantitative estimate of drug-likeness (QED) is 0.549. The lowest BCUT2D eigenvalue weighted by atomic mass is 10.1. The molecule has 0 bridgehead atoms. The molecule has 0 aromatic heterocycles. The average Bonchev–Trinajstić information content (AvgIpc) is 3.34. The first-order valence-electron chi connectivity index (χ1n) is 11.9. The van der Waals surface area contributed by atoms with Gasteiger partial charge in [0.2, 0.25) is 0 Å². The van der Waals surface area contributed by atoms with Crippen molar-refractivity contribution in [2.24, 2.45) is 0 Å². The molecule has 8 heteroatoms. The van der Waals surface area contributed by atoms with E-state index in [0.29, 0.717) is 30.8 Å². The van der Waals surface area contributed by atoms with Gasteiger partial charge in [-0.15, -0.1) is 0 Å². The number of carbonyl (C=O) groups excluding carboxylic acids is 1. The fourth-order valence-electron chi connectivity index (χ4n) is 4.64. The minimum absolute atomic E-state index is 0.120. The average molecular weight is 492 g/mol. The summed E-state index contributed by atoms with van der Waals surface area (Å²) < 4.78 is 33.6. The summed E-state index contributed by atoms with van der Waals surface area (Å²) in [5, 5.41) is 2.97. The maximum Gasteiger partial charge on any atom is 0.264 e. The molecule has 2 heterocycles. The highest BCUT2D eigenvalue weighted by molar-refractivity contribution is 7.92. The van der Waals surface area contributed by atoms with E-state index in [0.717, 1.165) is 44.0 Å². The predicted octanol–water partition coefficient (Wildman–Crippen LogP) is 3.20. The standard InChI is InChI=1S/C27H29N3O4S/c31-27(28-19-23-7-1-2-8-24(23)20-29-14-16-34-17-15-29)22-9-5-10-25(18-22)35(32,33)30-13-12-21-6-3-4-11-26(21)30/h1-11,18H,12-17,19-20H2,(H,28,31). The van der Waals surface area contributed by atoms with Crippen molar-refractivity contribution in [1.29, 1.82) is 0 Å². The largest absolute Gasteiger partial charge is 0.379 e. The van der Waals surface area contributed by atoms with Gasteiger partial charge in [0, 0.05) is 38.3 Å². The number of para-hydroxylation sites is 1. The third-order valence-electron chi connectivity index (χ3n) is 6.58. The van der Waals surface area contributed by atoms with Crippen LogP contribution in [0.15, 0.2) is 77.7 Å². The van der Waals surface area contributed by atoms with Crippen LogP contribution in [0.1, 0.15) is 27.0 Å². The number of nitrogens with zero attached hydrogens (tertiary/aromatic N) is 2. The van der Waals surface area contributed by atoms with Crippen LogP contribution in [-0.2, 0) is 34.3 Å². The molecule has 0 radical (unpaired) electrons. The zero-order chi connectivity index (χ0) is 24.3. The van der Waals surface area contributed by atoms with Crippen LogP contribution in [0.2, 0.25) is 0 Å². The van der Waals surface area contributed by atoms with Crippen molar-refractivity contribution < 1.29 is 17.9 Å². The van der Waals surface area contributed by atoms with Gasteiger partial charge >= 0.3 is 0 Å². The highest BCUT2D eigenvalue weighted by Crippen LogP contribution is 2.32. The number of rotatable bonds is 7. The van der Waals surface area contributed by atoms with Crippen LogP contribution in [0.25, 0.3) is 0 Å². The predicted molar refractivity (Wildman–Crippen MR) is 135 cm³/mol. The molecule has 182 valence electrons. The lowest BCUT2D eigenvalue weighted by molar-refractivity contribution is 0.0340. The molecule has 0 aliphatic carbocycles.